The third kappa shape index (κ3) is 4.42. The SMILES string of the molecule is COC(=O)[C@@H](NC(=O)c1ccccc1)C(c1ccccc1)c1ccccc1. The zero-order chi connectivity index (χ0) is 19.1. The topological polar surface area (TPSA) is 55.4 Å². The van der Waals surface area contributed by atoms with Crippen LogP contribution in [-0.4, -0.2) is 25.0 Å². The lowest BCUT2D eigenvalue weighted by atomic mass is 9.84. The van der Waals surface area contributed by atoms with Gasteiger partial charge in [-0.1, -0.05) is 78.9 Å². The van der Waals surface area contributed by atoms with Crippen molar-refractivity contribution in [2.24, 2.45) is 0 Å². The smallest absolute Gasteiger partial charge is 0.329 e. The van der Waals surface area contributed by atoms with Gasteiger partial charge in [0.15, 0.2) is 0 Å². The van der Waals surface area contributed by atoms with Crippen molar-refractivity contribution < 1.29 is 14.3 Å². The van der Waals surface area contributed by atoms with Gasteiger partial charge < -0.3 is 10.1 Å². The zero-order valence-corrected chi connectivity index (χ0v) is 15.0. The first kappa shape index (κ1) is 18.4. The number of methoxy groups -OCH3 is 1. The Bertz CT molecular complexity index is 840. The van der Waals surface area contributed by atoms with Crippen molar-refractivity contribution in [1.29, 1.82) is 0 Å². The summed E-state index contributed by atoms with van der Waals surface area (Å²) >= 11 is 0. The molecule has 0 fully saturated rings. The summed E-state index contributed by atoms with van der Waals surface area (Å²) in [4.78, 5) is 25.4. The van der Waals surface area contributed by atoms with Crippen LogP contribution in [0.1, 0.15) is 27.4 Å². The molecule has 0 bridgehead atoms. The van der Waals surface area contributed by atoms with Crippen LogP contribution in [0.15, 0.2) is 91.0 Å². The van der Waals surface area contributed by atoms with Crippen molar-refractivity contribution in [1.82, 2.24) is 5.32 Å². The van der Waals surface area contributed by atoms with Gasteiger partial charge in [-0.05, 0) is 23.3 Å². The van der Waals surface area contributed by atoms with Crippen molar-refractivity contribution in [3.8, 4) is 0 Å². The summed E-state index contributed by atoms with van der Waals surface area (Å²) in [7, 11) is 1.33. The Labute approximate surface area is 158 Å². The van der Waals surface area contributed by atoms with Crippen LogP contribution < -0.4 is 5.32 Å². The summed E-state index contributed by atoms with van der Waals surface area (Å²) < 4.78 is 5.02. The van der Waals surface area contributed by atoms with Gasteiger partial charge in [0.25, 0.3) is 5.91 Å². The molecule has 0 aromatic heterocycles. The maximum Gasteiger partial charge on any atom is 0.329 e. The highest BCUT2D eigenvalue weighted by Gasteiger charge is 2.33. The minimum absolute atomic E-state index is 0.317. The standard InChI is InChI=1S/C23H21NO3/c1-27-23(26)21(24-22(25)19-15-9-4-10-16-19)20(17-11-5-2-6-12-17)18-13-7-3-8-14-18/h2-16,20-21H,1H3,(H,24,25)/t21-/m0/s1. The molecule has 0 aliphatic carbocycles. The second-order valence-electron chi connectivity index (χ2n) is 6.14. The highest BCUT2D eigenvalue weighted by Crippen LogP contribution is 2.29. The van der Waals surface area contributed by atoms with Crippen LogP contribution in [0.3, 0.4) is 0 Å². The first-order valence-electron chi connectivity index (χ1n) is 8.74. The van der Waals surface area contributed by atoms with Crippen molar-refractivity contribution >= 4 is 11.9 Å². The number of amides is 1. The van der Waals surface area contributed by atoms with Crippen LogP contribution in [0.4, 0.5) is 0 Å². The molecule has 0 saturated heterocycles. The highest BCUT2D eigenvalue weighted by atomic mass is 16.5. The van der Waals surface area contributed by atoms with E-state index in [0.29, 0.717) is 5.56 Å². The average Bonchev–Trinajstić information content (AvgIpc) is 2.74. The number of benzene rings is 3. The third-order valence-electron chi connectivity index (χ3n) is 4.43. The van der Waals surface area contributed by atoms with Gasteiger partial charge in [0.2, 0.25) is 0 Å². The lowest BCUT2D eigenvalue weighted by Gasteiger charge is -2.27. The number of ether oxygens (including phenoxy) is 1. The minimum Gasteiger partial charge on any atom is -0.467 e. The van der Waals surface area contributed by atoms with E-state index >= 15 is 0 Å². The van der Waals surface area contributed by atoms with Gasteiger partial charge in [0.05, 0.1) is 7.11 Å². The first-order valence-corrected chi connectivity index (χ1v) is 8.74. The lowest BCUT2D eigenvalue weighted by molar-refractivity contribution is -0.143. The number of carbonyl (C=O) groups is 2. The minimum atomic E-state index is -0.854. The maximum atomic E-state index is 12.7. The van der Waals surface area contributed by atoms with Crippen LogP contribution in [0, 0.1) is 0 Å². The molecule has 136 valence electrons. The number of rotatable bonds is 6. The fourth-order valence-corrected chi connectivity index (χ4v) is 3.12. The van der Waals surface area contributed by atoms with Crippen molar-refractivity contribution in [2.75, 3.05) is 7.11 Å². The third-order valence-corrected chi connectivity index (χ3v) is 4.43. The molecular weight excluding hydrogens is 338 g/mol. The normalized spacial score (nSPS) is 11.6. The summed E-state index contributed by atoms with van der Waals surface area (Å²) in [6.07, 6.45) is 0. The molecule has 0 radical (unpaired) electrons. The lowest BCUT2D eigenvalue weighted by Crippen LogP contribution is -2.46. The highest BCUT2D eigenvalue weighted by molar-refractivity contribution is 5.97. The second-order valence-corrected chi connectivity index (χ2v) is 6.14. The van der Waals surface area contributed by atoms with Crippen molar-refractivity contribution in [2.45, 2.75) is 12.0 Å². The Balaban J connectivity index is 2.01. The van der Waals surface area contributed by atoms with Gasteiger partial charge in [-0.15, -0.1) is 0 Å². The number of esters is 1. The maximum absolute atomic E-state index is 12.7. The molecule has 0 unspecified atom stereocenters. The second kappa shape index (κ2) is 8.81. The summed E-state index contributed by atoms with van der Waals surface area (Å²) in [6, 6.07) is 27.3. The van der Waals surface area contributed by atoms with E-state index in [0.717, 1.165) is 11.1 Å². The molecule has 1 N–H and O–H groups in total. The molecule has 3 aromatic carbocycles. The summed E-state index contributed by atoms with van der Waals surface area (Å²) in [5, 5.41) is 2.87. The Morgan fingerprint density at radius 1 is 0.741 bits per heavy atom. The number of hydrogen-bond donors (Lipinski definition) is 1. The van der Waals surface area contributed by atoms with Gasteiger partial charge in [-0.3, -0.25) is 4.79 Å². The molecular formula is C23H21NO3. The summed E-state index contributed by atoms with van der Waals surface area (Å²) in [6.45, 7) is 0. The Morgan fingerprint density at radius 3 is 1.63 bits per heavy atom. The molecule has 3 aromatic rings. The average molecular weight is 359 g/mol. The predicted molar refractivity (Wildman–Crippen MR) is 104 cm³/mol. The van der Waals surface area contributed by atoms with Gasteiger partial charge >= 0.3 is 5.97 Å². The quantitative estimate of drug-likeness (QED) is 0.681. The number of hydrogen-bond acceptors (Lipinski definition) is 3. The molecule has 4 nitrogen and oxygen atoms in total. The molecule has 1 amide bonds. The Morgan fingerprint density at radius 2 is 1.19 bits per heavy atom. The van der Waals surface area contributed by atoms with Crippen LogP contribution in [-0.2, 0) is 9.53 Å². The Hall–Kier alpha value is -3.40. The monoisotopic (exact) mass is 359 g/mol. The molecule has 3 rings (SSSR count). The van der Waals surface area contributed by atoms with E-state index in [4.69, 9.17) is 4.74 Å². The molecule has 0 saturated carbocycles. The van der Waals surface area contributed by atoms with Gasteiger partial charge in [0, 0.05) is 11.5 Å². The van der Waals surface area contributed by atoms with E-state index in [1.54, 1.807) is 24.3 Å². The van der Waals surface area contributed by atoms with E-state index in [1.165, 1.54) is 7.11 Å². The van der Waals surface area contributed by atoms with E-state index in [-0.39, 0.29) is 11.8 Å². The van der Waals surface area contributed by atoms with E-state index in [9.17, 15) is 9.59 Å². The van der Waals surface area contributed by atoms with Crippen LogP contribution in [0.5, 0.6) is 0 Å². The van der Waals surface area contributed by atoms with Crippen LogP contribution >= 0.6 is 0 Å². The fourth-order valence-electron chi connectivity index (χ4n) is 3.12. The molecule has 4 heteroatoms. The van der Waals surface area contributed by atoms with E-state index in [2.05, 4.69) is 5.32 Å². The molecule has 27 heavy (non-hydrogen) atoms. The molecule has 0 spiro atoms. The number of nitrogens with one attached hydrogen (secondary N) is 1. The van der Waals surface area contributed by atoms with Crippen molar-refractivity contribution in [3.05, 3.63) is 108 Å². The molecule has 0 aliphatic rings. The van der Waals surface area contributed by atoms with Crippen LogP contribution in [0.2, 0.25) is 0 Å². The van der Waals surface area contributed by atoms with E-state index < -0.39 is 12.0 Å². The molecule has 0 heterocycles. The Kier molecular flexibility index (Phi) is 6.00. The summed E-state index contributed by atoms with van der Waals surface area (Å²) in [5.41, 5.74) is 2.34. The van der Waals surface area contributed by atoms with E-state index in [1.807, 2.05) is 66.7 Å². The van der Waals surface area contributed by atoms with Gasteiger partial charge in [-0.2, -0.15) is 0 Å². The predicted octanol–water partition coefficient (Wildman–Crippen LogP) is 3.79. The summed E-state index contributed by atoms with van der Waals surface area (Å²) in [5.74, 6) is -1.17. The largest absolute Gasteiger partial charge is 0.467 e. The van der Waals surface area contributed by atoms with Gasteiger partial charge in [0.1, 0.15) is 6.04 Å². The van der Waals surface area contributed by atoms with Crippen LogP contribution in [0.25, 0.3) is 0 Å². The number of carbonyl (C=O) groups excluding carboxylic acids is 2. The first-order chi connectivity index (χ1) is 13.2. The van der Waals surface area contributed by atoms with Crippen molar-refractivity contribution in [3.63, 3.8) is 0 Å². The fraction of sp³-hybridized carbons (Fsp3) is 0.130. The zero-order valence-electron chi connectivity index (χ0n) is 15.0. The molecule has 0 aliphatic heterocycles. The van der Waals surface area contributed by atoms with Gasteiger partial charge in [-0.25, -0.2) is 4.79 Å². The molecule has 1 atom stereocenters.